The summed E-state index contributed by atoms with van der Waals surface area (Å²) in [5.74, 6) is 1.70. The smallest absolute Gasteiger partial charge is 0.0593 e. The number of thiophene rings is 1. The van der Waals surface area contributed by atoms with Crippen LogP contribution in [0.2, 0.25) is 0 Å². The number of hydrogen-bond acceptors (Lipinski definition) is 3. The number of nitrogens with zero attached hydrogens (tertiary/aromatic N) is 1. The zero-order valence-corrected chi connectivity index (χ0v) is 15.2. The molecule has 4 heteroatoms. The zero-order chi connectivity index (χ0) is 14.7. The maximum Gasteiger partial charge on any atom is 0.0593 e. The summed E-state index contributed by atoms with van der Waals surface area (Å²) in [6, 6.07) is 2.87. The largest absolute Gasteiger partial charge is 0.326 e. The van der Waals surface area contributed by atoms with E-state index in [1.165, 1.54) is 35.3 Å². The Morgan fingerprint density at radius 3 is 2.50 bits per heavy atom. The van der Waals surface area contributed by atoms with Crippen molar-refractivity contribution in [3.05, 3.63) is 20.8 Å². The van der Waals surface area contributed by atoms with Crippen molar-refractivity contribution < 1.29 is 0 Å². The van der Waals surface area contributed by atoms with E-state index in [0.717, 1.165) is 18.3 Å². The molecule has 1 saturated heterocycles. The molecule has 1 aromatic rings. The van der Waals surface area contributed by atoms with Crippen molar-refractivity contribution in [2.24, 2.45) is 17.6 Å². The van der Waals surface area contributed by atoms with Crippen molar-refractivity contribution in [2.75, 3.05) is 13.1 Å². The second-order valence-electron chi connectivity index (χ2n) is 6.30. The Morgan fingerprint density at radius 1 is 1.40 bits per heavy atom. The van der Waals surface area contributed by atoms with E-state index >= 15 is 0 Å². The average Bonchev–Trinajstić information content (AvgIpc) is 2.85. The summed E-state index contributed by atoms with van der Waals surface area (Å²) < 4.78 is 1.18. The molecule has 1 fully saturated rings. The van der Waals surface area contributed by atoms with Gasteiger partial charge in [-0.05, 0) is 66.2 Å². The Balaban J connectivity index is 2.09. The van der Waals surface area contributed by atoms with E-state index in [1.54, 1.807) is 0 Å². The molecule has 1 aliphatic rings. The molecule has 0 spiro atoms. The Morgan fingerprint density at radius 2 is 2.05 bits per heavy atom. The zero-order valence-electron chi connectivity index (χ0n) is 12.8. The molecule has 2 heterocycles. The van der Waals surface area contributed by atoms with Gasteiger partial charge in [-0.15, -0.1) is 11.3 Å². The Kier molecular flexibility index (Phi) is 6.09. The van der Waals surface area contributed by atoms with Crippen molar-refractivity contribution in [3.8, 4) is 0 Å². The average molecular weight is 359 g/mol. The summed E-state index contributed by atoms with van der Waals surface area (Å²) in [6.07, 6.45) is 3.67. The molecule has 0 amide bonds. The quantitative estimate of drug-likeness (QED) is 0.829. The van der Waals surface area contributed by atoms with Crippen LogP contribution in [0.15, 0.2) is 15.9 Å². The number of halogens is 1. The second kappa shape index (κ2) is 7.39. The molecule has 1 aromatic heterocycles. The third-order valence-corrected chi connectivity index (χ3v) is 6.43. The van der Waals surface area contributed by atoms with Crippen molar-refractivity contribution >= 4 is 27.3 Å². The first kappa shape index (κ1) is 16.5. The first-order valence-corrected chi connectivity index (χ1v) is 9.43. The van der Waals surface area contributed by atoms with Crippen molar-refractivity contribution in [3.63, 3.8) is 0 Å². The number of nitrogens with two attached hydrogens (primary N) is 1. The van der Waals surface area contributed by atoms with Gasteiger partial charge in [-0.25, -0.2) is 0 Å². The summed E-state index contributed by atoms with van der Waals surface area (Å²) >= 11 is 5.41. The Bertz CT molecular complexity index is 410. The van der Waals surface area contributed by atoms with E-state index in [1.807, 2.05) is 11.3 Å². The molecule has 0 aromatic carbocycles. The summed E-state index contributed by atoms with van der Waals surface area (Å²) in [4.78, 5) is 4.03. The molecule has 2 N–H and O–H groups in total. The van der Waals surface area contributed by atoms with Gasteiger partial charge in [-0.2, -0.15) is 0 Å². The minimum absolute atomic E-state index is 0.233. The van der Waals surface area contributed by atoms with Crippen molar-refractivity contribution in [2.45, 2.75) is 52.1 Å². The predicted molar refractivity (Wildman–Crippen MR) is 92.2 cm³/mol. The van der Waals surface area contributed by atoms with Gasteiger partial charge in [0.1, 0.15) is 0 Å². The van der Waals surface area contributed by atoms with Crippen LogP contribution in [0, 0.1) is 11.8 Å². The Labute approximate surface area is 135 Å². The summed E-state index contributed by atoms with van der Waals surface area (Å²) in [7, 11) is 0. The molecule has 2 nitrogen and oxygen atoms in total. The van der Waals surface area contributed by atoms with E-state index in [0.29, 0.717) is 6.04 Å². The van der Waals surface area contributed by atoms with Crippen LogP contribution in [-0.4, -0.2) is 24.0 Å². The van der Waals surface area contributed by atoms with Gasteiger partial charge in [0, 0.05) is 20.8 Å². The van der Waals surface area contributed by atoms with Gasteiger partial charge >= 0.3 is 0 Å². The van der Waals surface area contributed by atoms with Crippen LogP contribution in [0.25, 0.3) is 0 Å². The highest BCUT2D eigenvalue weighted by atomic mass is 79.9. The third kappa shape index (κ3) is 3.85. The molecule has 0 radical (unpaired) electrons. The van der Waals surface area contributed by atoms with Crippen LogP contribution in [0.3, 0.4) is 0 Å². The molecular formula is C16H27BrN2S. The lowest BCUT2D eigenvalue weighted by Crippen LogP contribution is -2.44. The summed E-state index contributed by atoms with van der Waals surface area (Å²) in [5, 5.41) is 2.17. The van der Waals surface area contributed by atoms with E-state index in [-0.39, 0.29) is 6.04 Å². The monoisotopic (exact) mass is 358 g/mol. The van der Waals surface area contributed by atoms with Crippen LogP contribution in [0.5, 0.6) is 0 Å². The van der Waals surface area contributed by atoms with Crippen molar-refractivity contribution in [1.82, 2.24) is 4.90 Å². The molecule has 2 unspecified atom stereocenters. The van der Waals surface area contributed by atoms with Gasteiger partial charge < -0.3 is 5.73 Å². The second-order valence-corrected chi connectivity index (χ2v) is 8.16. The fourth-order valence-electron chi connectivity index (χ4n) is 3.23. The first-order valence-electron chi connectivity index (χ1n) is 7.76. The number of likely N-dealkylation sites (tertiary alicyclic amines) is 1. The van der Waals surface area contributed by atoms with Gasteiger partial charge in [-0.1, -0.05) is 20.8 Å². The fraction of sp³-hybridized carbons (Fsp3) is 0.750. The van der Waals surface area contributed by atoms with E-state index in [2.05, 4.69) is 53.0 Å². The highest BCUT2D eigenvalue weighted by Gasteiger charge is 2.31. The Hall–Kier alpha value is 0.1000. The fourth-order valence-corrected chi connectivity index (χ4v) is 4.89. The minimum Gasteiger partial charge on any atom is -0.326 e. The van der Waals surface area contributed by atoms with Gasteiger partial charge in [-0.3, -0.25) is 4.90 Å². The molecule has 1 aliphatic heterocycles. The normalized spacial score (nSPS) is 21.3. The topological polar surface area (TPSA) is 29.3 Å². The first-order chi connectivity index (χ1) is 9.52. The van der Waals surface area contributed by atoms with E-state index in [9.17, 15) is 0 Å². The van der Waals surface area contributed by atoms with Gasteiger partial charge in [0.05, 0.1) is 6.04 Å². The predicted octanol–water partition coefficient (Wildman–Crippen LogP) is 4.66. The molecule has 0 saturated carbocycles. The highest BCUT2D eigenvalue weighted by Crippen LogP contribution is 2.35. The van der Waals surface area contributed by atoms with Crippen LogP contribution in [0.1, 0.15) is 51.0 Å². The van der Waals surface area contributed by atoms with Gasteiger partial charge in [0.2, 0.25) is 0 Å². The van der Waals surface area contributed by atoms with Gasteiger partial charge in [0.25, 0.3) is 0 Å². The molecule has 2 atom stereocenters. The lowest BCUT2D eigenvalue weighted by atomic mass is 9.85. The summed E-state index contributed by atoms with van der Waals surface area (Å²) in [6.45, 7) is 9.28. The standard InChI is InChI=1S/C16H27BrN2S/c1-4-14(18)16(15-9-13(17)10-20-15)19-7-5-12(6-8-19)11(2)3/h9-12,14,16H,4-8,18H2,1-3H3. The molecular weight excluding hydrogens is 332 g/mol. The molecule has 0 aliphatic carbocycles. The van der Waals surface area contributed by atoms with Crippen LogP contribution < -0.4 is 5.73 Å². The van der Waals surface area contributed by atoms with Crippen LogP contribution in [0.4, 0.5) is 0 Å². The highest BCUT2D eigenvalue weighted by molar-refractivity contribution is 9.10. The van der Waals surface area contributed by atoms with Gasteiger partial charge in [0.15, 0.2) is 0 Å². The third-order valence-electron chi connectivity index (χ3n) is 4.67. The lowest BCUT2D eigenvalue weighted by Gasteiger charge is -2.40. The SMILES string of the molecule is CCC(N)C(c1cc(Br)cs1)N1CCC(C(C)C)CC1. The molecule has 114 valence electrons. The molecule has 20 heavy (non-hydrogen) atoms. The van der Waals surface area contributed by atoms with Crippen molar-refractivity contribution in [1.29, 1.82) is 0 Å². The van der Waals surface area contributed by atoms with Crippen LogP contribution >= 0.6 is 27.3 Å². The molecule has 2 rings (SSSR count). The maximum atomic E-state index is 6.43. The number of piperidine rings is 1. The summed E-state index contributed by atoms with van der Waals surface area (Å²) in [5.41, 5.74) is 6.43. The maximum absolute atomic E-state index is 6.43. The lowest BCUT2D eigenvalue weighted by molar-refractivity contribution is 0.101. The number of hydrogen-bond donors (Lipinski definition) is 1. The van der Waals surface area contributed by atoms with Crippen LogP contribution in [-0.2, 0) is 0 Å². The van der Waals surface area contributed by atoms with E-state index in [4.69, 9.17) is 5.73 Å². The minimum atomic E-state index is 0.233. The van der Waals surface area contributed by atoms with E-state index < -0.39 is 0 Å². The molecule has 0 bridgehead atoms. The number of rotatable bonds is 5.